The van der Waals surface area contributed by atoms with Crippen molar-refractivity contribution in [3.05, 3.63) is 75.0 Å². The summed E-state index contributed by atoms with van der Waals surface area (Å²) in [5, 5.41) is 1.12. The molecular formula is C20H15Cl2N3O3. The highest BCUT2D eigenvalue weighted by Gasteiger charge is 2.29. The maximum atomic E-state index is 12.3. The van der Waals surface area contributed by atoms with Crippen LogP contribution in [0, 0.1) is 0 Å². The highest BCUT2D eigenvalue weighted by molar-refractivity contribution is 6.36. The van der Waals surface area contributed by atoms with Crippen LogP contribution in [0.2, 0.25) is 10.0 Å². The quantitative estimate of drug-likeness (QED) is 0.597. The van der Waals surface area contributed by atoms with Gasteiger partial charge < -0.3 is 9.47 Å². The van der Waals surface area contributed by atoms with Crippen LogP contribution in [0.15, 0.2) is 47.5 Å². The van der Waals surface area contributed by atoms with Gasteiger partial charge in [0.2, 0.25) is 0 Å². The van der Waals surface area contributed by atoms with Crippen LogP contribution >= 0.6 is 23.2 Å². The van der Waals surface area contributed by atoms with Crippen LogP contribution in [0.4, 0.5) is 0 Å². The van der Waals surface area contributed by atoms with Crippen LogP contribution in [-0.2, 0) is 11.3 Å². The highest BCUT2D eigenvalue weighted by atomic mass is 35.5. The molecule has 0 spiro atoms. The topological polar surface area (TPSA) is 65.7 Å². The fraction of sp³-hybridized carbons (Fsp3) is 0.150. The maximum absolute atomic E-state index is 12.3. The summed E-state index contributed by atoms with van der Waals surface area (Å²) in [5.41, 5.74) is 3.65. The van der Waals surface area contributed by atoms with E-state index < -0.39 is 5.97 Å². The van der Waals surface area contributed by atoms with Gasteiger partial charge in [0, 0.05) is 21.2 Å². The molecule has 0 radical (unpaired) electrons. The second-order valence-electron chi connectivity index (χ2n) is 6.03. The second kappa shape index (κ2) is 7.30. The molecule has 2 heterocycles. The minimum Gasteiger partial charge on any atom is -0.468 e. The van der Waals surface area contributed by atoms with Gasteiger partial charge in [0.25, 0.3) is 0 Å². The van der Waals surface area contributed by atoms with E-state index >= 15 is 0 Å². The van der Waals surface area contributed by atoms with Crippen LogP contribution in [0.5, 0.6) is 6.01 Å². The molecule has 6 nitrogen and oxygen atoms in total. The molecule has 28 heavy (non-hydrogen) atoms. The van der Waals surface area contributed by atoms with Gasteiger partial charge in [0.05, 0.1) is 37.9 Å². The molecule has 1 aromatic heterocycles. The van der Waals surface area contributed by atoms with E-state index in [9.17, 15) is 4.79 Å². The number of methoxy groups -OCH3 is 2. The number of aromatic nitrogens is 2. The molecule has 0 atom stereocenters. The number of halogens is 2. The van der Waals surface area contributed by atoms with Crippen molar-refractivity contribution in [2.24, 2.45) is 4.99 Å². The molecule has 0 amide bonds. The summed E-state index contributed by atoms with van der Waals surface area (Å²) >= 11 is 12.7. The molecule has 0 aliphatic carbocycles. The van der Waals surface area contributed by atoms with Crippen LogP contribution in [-0.4, -0.2) is 35.5 Å². The predicted octanol–water partition coefficient (Wildman–Crippen LogP) is 4.33. The number of benzene rings is 2. The van der Waals surface area contributed by atoms with Crippen LogP contribution < -0.4 is 4.74 Å². The smallest absolute Gasteiger partial charge is 0.358 e. The van der Waals surface area contributed by atoms with Gasteiger partial charge in [-0.3, -0.25) is 9.56 Å². The Morgan fingerprint density at radius 3 is 2.61 bits per heavy atom. The molecule has 0 fully saturated rings. The number of ether oxygens (including phenoxy) is 2. The number of esters is 1. The van der Waals surface area contributed by atoms with Crippen molar-refractivity contribution >= 4 is 34.9 Å². The lowest BCUT2D eigenvalue weighted by Gasteiger charge is -2.14. The van der Waals surface area contributed by atoms with Gasteiger partial charge in [0.15, 0.2) is 5.69 Å². The number of hydrogen-bond donors (Lipinski definition) is 0. The molecule has 0 saturated heterocycles. The highest BCUT2D eigenvalue weighted by Crippen LogP contribution is 2.34. The van der Waals surface area contributed by atoms with E-state index in [4.69, 9.17) is 37.7 Å². The zero-order chi connectivity index (χ0) is 19.8. The van der Waals surface area contributed by atoms with E-state index in [0.717, 1.165) is 16.8 Å². The van der Waals surface area contributed by atoms with Crippen molar-refractivity contribution in [2.45, 2.75) is 6.54 Å². The summed E-state index contributed by atoms with van der Waals surface area (Å²) in [5.74, 6) is -0.557. The van der Waals surface area contributed by atoms with E-state index in [-0.39, 0.29) is 18.2 Å². The maximum Gasteiger partial charge on any atom is 0.358 e. The first-order valence-electron chi connectivity index (χ1n) is 8.38. The molecule has 4 rings (SSSR count). The van der Waals surface area contributed by atoms with Gasteiger partial charge in [-0.25, -0.2) is 4.79 Å². The Balaban J connectivity index is 2.04. The molecule has 0 N–H and O–H groups in total. The average molecular weight is 416 g/mol. The first-order chi connectivity index (χ1) is 13.5. The number of imidazole rings is 1. The number of carbonyl (C=O) groups is 1. The van der Waals surface area contributed by atoms with Crippen LogP contribution in [0.25, 0.3) is 5.69 Å². The Labute approximate surface area is 171 Å². The standard InChI is InChI=1S/C20H15Cl2N3O3/c1-27-19(26)18-16-10-23-17(12-5-3-4-6-14(12)22)13-9-11(21)7-8-15(13)25(16)20(24-18)28-2/h3-9H,10H2,1-2H3. The Morgan fingerprint density at radius 2 is 1.89 bits per heavy atom. The number of rotatable bonds is 3. The number of carbonyl (C=O) groups excluding carboxylic acids is 1. The first kappa shape index (κ1) is 18.5. The Hall–Kier alpha value is -2.83. The van der Waals surface area contributed by atoms with E-state index in [0.29, 0.717) is 21.5 Å². The third-order valence-corrected chi connectivity index (χ3v) is 5.04. The zero-order valence-electron chi connectivity index (χ0n) is 15.1. The molecule has 0 bridgehead atoms. The molecule has 0 unspecified atom stereocenters. The number of hydrogen-bond acceptors (Lipinski definition) is 5. The van der Waals surface area contributed by atoms with Gasteiger partial charge >= 0.3 is 12.0 Å². The normalized spacial score (nSPS) is 12.5. The predicted molar refractivity (Wildman–Crippen MR) is 107 cm³/mol. The van der Waals surface area contributed by atoms with Crippen molar-refractivity contribution in [2.75, 3.05) is 14.2 Å². The van der Waals surface area contributed by atoms with E-state index in [1.807, 2.05) is 30.3 Å². The summed E-state index contributed by atoms with van der Waals surface area (Å²) in [6, 6.07) is 13.1. The average Bonchev–Trinajstić information content (AvgIpc) is 2.99. The van der Waals surface area contributed by atoms with Crippen molar-refractivity contribution < 1.29 is 14.3 Å². The van der Waals surface area contributed by atoms with Crippen molar-refractivity contribution in [1.82, 2.24) is 9.55 Å². The van der Waals surface area contributed by atoms with Gasteiger partial charge in [-0.1, -0.05) is 41.4 Å². The summed E-state index contributed by atoms with van der Waals surface area (Å²) in [4.78, 5) is 21.3. The Bertz CT molecular complexity index is 1120. The third-order valence-electron chi connectivity index (χ3n) is 4.47. The molecule has 8 heteroatoms. The summed E-state index contributed by atoms with van der Waals surface area (Å²) in [7, 11) is 2.80. The SMILES string of the molecule is COC(=O)c1nc(OC)n2c1CN=C(c1ccccc1Cl)c1cc(Cl)ccc1-2. The van der Waals surface area contributed by atoms with Gasteiger partial charge in [0.1, 0.15) is 0 Å². The summed E-state index contributed by atoms with van der Waals surface area (Å²) < 4.78 is 12.1. The summed E-state index contributed by atoms with van der Waals surface area (Å²) in [6.45, 7) is 0.188. The fourth-order valence-corrected chi connectivity index (χ4v) is 3.64. The van der Waals surface area contributed by atoms with Gasteiger partial charge in [-0.15, -0.1) is 0 Å². The summed E-state index contributed by atoms with van der Waals surface area (Å²) in [6.07, 6.45) is 0. The molecule has 2 aromatic carbocycles. The fourth-order valence-electron chi connectivity index (χ4n) is 3.24. The molecular weight excluding hydrogens is 401 g/mol. The minimum atomic E-state index is -0.557. The van der Waals surface area contributed by atoms with Crippen molar-refractivity contribution in [3.8, 4) is 11.7 Å². The second-order valence-corrected chi connectivity index (χ2v) is 6.87. The van der Waals surface area contributed by atoms with Gasteiger partial charge in [-0.05, 0) is 24.3 Å². The lowest BCUT2D eigenvalue weighted by molar-refractivity contribution is 0.0592. The number of aliphatic imine (C=N–C) groups is 1. The number of fused-ring (bicyclic) bond motifs is 3. The number of nitrogens with zero attached hydrogens (tertiary/aromatic N) is 3. The zero-order valence-corrected chi connectivity index (χ0v) is 16.6. The van der Waals surface area contributed by atoms with E-state index in [1.54, 1.807) is 16.7 Å². The lowest BCUT2D eigenvalue weighted by atomic mass is 10.0. The van der Waals surface area contributed by atoms with E-state index in [1.165, 1.54) is 14.2 Å². The third kappa shape index (κ3) is 2.95. The molecule has 1 aliphatic rings. The Kier molecular flexibility index (Phi) is 4.83. The monoisotopic (exact) mass is 415 g/mol. The molecule has 3 aromatic rings. The molecule has 1 aliphatic heterocycles. The van der Waals surface area contributed by atoms with Crippen LogP contribution in [0.3, 0.4) is 0 Å². The molecule has 142 valence electrons. The minimum absolute atomic E-state index is 0.157. The largest absolute Gasteiger partial charge is 0.468 e. The molecule has 0 saturated carbocycles. The van der Waals surface area contributed by atoms with Crippen molar-refractivity contribution in [3.63, 3.8) is 0 Å². The van der Waals surface area contributed by atoms with Crippen molar-refractivity contribution in [1.29, 1.82) is 0 Å². The lowest BCUT2D eigenvalue weighted by Crippen LogP contribution is -2.09. The Morgan fingerprint density at radius 1 is 1.11 bits per heavy atom. The first-order valence-corrected chi connectivity index (χ1v) is 9.14. The van der Waals surface area contributed by atoms with Gasteiger partial charge in [-0.2, -0.15) is 4.98 Å². The van der Waals surface area contributed by atoms with Crippen LogP contribution in [0.1, 0.15) is 27.3 Å². The van der Waals surface area contributed by atoms with E-state index in [2.05, 4.69) is 4.98 Å².